The number of rotatable bonds is 2. The SMILES string of the molecule is c1ccc2c(c1)oc1c2ccc2c3ccc(-c4c5ccccc5c(-c5cccc6oc7c8ccoc8ccc7c56)c5ccccc45)cc3sc21. The average Bonchev–Trinajstić information content (AvgIpc) is 3.95. The van der Waals surface area contributed by atoms with E-state index in [9.17, 15) is 0 Å². The highest BCUT2D eigenvalue weighted by molar-refractivity contribution is 7.26. The minimum absolute atomic E-state index is 0.830. The van der Waals surface area contributed by atoms with E-state index in [1.54, 1.807) is 6.26 Å². The summed E-state index contributed by atoms with van der Waals surface area (Å²) in [4.78, 5) is 0. The zero-order valence-corrected chi connectivity index (χ0v) is 27.3. The molecule has 0 unspecified atom stereocenters. The fraction of sp³-hybridized carbons (Fsp3) is 0. The van der Waals surface area contributed by atoms with Crippen LogP contribution in [-0.2, 0) is 0 Å². The van der Waals surface area contributed by atoms with Crippen LogP contribution in [0.1, 0.15) is 0 Å². The summed E-state index contributed by atoms with van der Waals surface area (Å²) in [6.45, 7) is 0. The van der Waals surface area contributed by atoms with Gasteiger partial charge in [-0.3, -0.25) is 0 Å². The van der Waals surface area contributed by atoms with Crippen LogP contribution in [-0.4, -0.2) is 0 Å². The van der Waals surface area contributed by atoms with Crippen LogP contribution in [0.25, 0.3) is 119 Å². The molecule has 0 aliphatic heterocycles. The number of benzene rings is 8. The normalized spacial score (nSPS) is 12.4. The van der Waals surface area contributed by atoms with Crippen LogP contribution < -0.4 is 0 Å². The second-order valence-electron chi connectivity index (χ2n) is 13.1. The maximum atomic E-state index is 6.55. The highest BCUT2D eigenvalue weighted by Crippen LogP contribution is 2.49. The van der Waals surface area contributed by atoms with Crippen molar-refractivity contribution in [1.82, 2.24) is 0 Å². The molecule has 0 N–H and O–H groups in total. The summed E-state index contributed by atoms with van der Waals surface area (Å²) in [5.41, 5.74) is 9.30. The van der Waals surface area contributed by atoms with Gasteiger partial charge in [0.2, 0.25) is 0 Å². The minimum atomic E-state index is 0.830. The fourth-order valence-electron chi connectivity index (χ4n) is 8.44. The molecule has 0 saturated carbocycles. The lowest BCUT2D eigenvalue weighted by Gasteiger charge is -2.18. The topological polar surface area (TPSA) is 39.4 Å². The fourth-order valence-corrected chi connectivity index (χ4v) is 9.66. The van der Waals surface area contributed by atoms with Crippen LogP contribution in [0.2, 0.25) is 0 Å². The average molecular weight is 657 g/mol. The van der Waals surface area contributed by atoms with Crippen LogP contribution in [0.5, 0.6) is 0 Å². The Morgan fingerprint density at radius 2 is 1.06 bits per heavy atom. The molecule has 0 saturated heterocycles. The van der Waals surface area contributed by atoms with E-state index in [0.717, 1.165) is 55.0 Å². The van der Waals surface area contributed by atoms with E-state index in [-0.39, 0.29) is 0 Å². The molecule has 12 aromatic rings. The number of thiophene rings is 1. The van der Waals surface area contributed by atoms with Gasteiger partial charge in [-0.15, -0.1) is 11.3 Å². The van der Waals surface area contributed by atoms with Crippen molar-refractivity contribution < 1.29 is 13.3 Å². The van der Waals surface area contributed by atoms with Crippen LogP contribution in [0, 0.1) is 0 Å². The molecule has 4 heteroatoms. The second-order valence-corrected chi connectivity index (χ2v) is 14.2. The Morgan fingerprint density at radius 1 is 0.400 bits per heavy atom. The highest BCUT2D eigenvalue weighted by atomic mass is 32.1. The molecule has 50 heavy (non-hydrogen) atoms. The monoisotopic (exact) mass is 656 g/mol. The summed E-state index contributed by atoms with van der Waals surface area (Å²) in [6.07, 6.45) is 1.73. The molecule has 12 rings (SSSR count). The summed E-state index contributed by atoms with van der Waals surface area (Å²) in [5.74, 6) is 0. The standard InChI is InChI=1S/C46H24O3S/c1-3-11-30-28(9-1)41(25-16-17-27-33-19-18-32-26-8-5-6-14-38(26)48-45(32)46(33)50-40(27)24-25)29-10-2-4-12-31(29)42(30)35-13-7-15-39-43(35)36-20-21-37-34(22-23-47-37)44(36)49-39/h1-24H. The van der Waals surface area contributed by atoms with Gasteiger partial charge in [0.05, 0.1) is 16.3 Å². The Morgan fingerprint density at radius 3 is 1.88 bits per heavy atom. The predicted octanol–water partition coefficient (Wildman–Crippen LogP) is 14.2. The Labute approximate surface area is 288 Å². The molecule has 0 amide bonds. The van der Waals surface area contributed by atoms with Gasteiger partial charge in [-0.05, 0) is 86.3 Å². The summed E-state index contributed by atoms with van der Waals surface area (Å²) >= 11 is 1.82. The van der Waals surface area contributed by atoms with Gasteiger partial charge in [0, 0.05) is 37.0 Å². The molecule has 0 atom stereocenters. The first-order valence-electron chi connectivity index (χ1n) is 16.8. The molecule has 3 nitrogen and oxygen atoms in total. The minimum Gasteiger partial charge on any atom is -0.464 e. The Balaban J connectivity index is 1.15. The first-order valence-corrected chi connectivity index (χ1v) is 17.6. The second kappa shape index (κ2) is 9.63. The molecule has 0 bridgehead atoms. The zero-order chi connectivity index (χ0) is 32.5. The molecule has 0 aliphatic carbocycles. The Bertz CT molecular complexity index is 3330. The van der Waals surface area contributed by atoms with Crippen LogP contribution in [0.15, 0.2) is 159 Å². The summed E-state index contributed by atoms with van der Waals surface area (Å²) in [5, 5.41) is 12.9. The van der Waals surface area contributed by atoms with Gasteiger partial charge in [-0.2, -0.15) is 0 Å². The van der Waals surface area contributed by atoms with Gasteiger partial charge in [0.15, 0.2) is 5.58 Å². The van der Waals surface area contributed by atoms with Crippen LogP contribution >= 0.6 is 11.3 Å². The van der Waals surface area contributed by atoms with Crippen molar-refractivity contribution >= 4 is 108 Å². The highest BCUT2D eigenvalue weighted by Gasteiger charge is 2.22. The number of hydrogen-bond acceptors (Lipinski definition) is 4. The smallest absolute Gasteiger partial charge is 0.153 e. The van der Waals surface area contributed by atoms with Crippen molar-refractivity contribution in [3.8, 4) is 22.3 Å². The number of para-hydroxylation sites is 1. The zero-order valence-electron chi connectivity index (χ0n) is 26.5. The first-order chi connectivity index (χ1) is 24.8. The largest absolute Gasteiger partial charge is 0.464 e. The van der Waals surface area contributed by atoms with E-state index in [1.165, 1.54) is 63.8 Å². The Hall–Kier alpha value is -6.36. The van der Waals surface area contributed by atoms with E-state index in [1.807, 2.05) is 29.5 Å². The predicted molar refractivity (Wildman–Crippen MR) is 210 cm³/mol. The van der Waals surface area contributed by atoms with Crippen molar-refractivity contribution in [2.75, 3.05) is 0 Å². The van der Waals surface area contributed by atoms with Crippen molar-refractivity contribution in [2.24, 2.45) is 0 Å². The number of hydrogen-bond donors (Lipinski definition) is 0. The quantitative estimate of drug-likeness (QED) is 0.174. The molecule has 0 fully saturated rings. The number of furan rings is 3. The van der Waals surface area contributed by atoms with Crippen LogP contribution in [0.4, 0.5) is 0 Å². The first kappa shape index (κ1) is 26.6. The lowest BCUT2D eigenvalue weighted by Crippen LogP contribution is -1.91. The van der Waals surface area contributed by atoms with Gasteiger partial charge in [0.25, 0.3) is 0 Å². The summed E-state index contributed by atoms with van der Waals surface area (Å²) < 4.78 is 21.2. The van der Waals surface area contributed by atoms with E-state index >= 15 is 0 Å². The molecule has 4 aromatic heterocycles. The summed E-state index contributed by atoms with van der Waals surface area (Å²) in [6, 6.07) is 50.1. The van der Waals surface area contributed by atoms with Crippen LogP contribution in [0.3, 0.4) is 0 Å². The molecular weight excluding hydrogens is 633 g/mol. The third-order valence-electron chi connectivity index (χ3n) is 10.6. The van der Waals surface area contributed by atoms with Gasteiger partial charge < -0.3 is 13.3 Å². The molecule has 0 aliphatic rings. The molecule has 0 radical (unpaired) electrons. The maximum absolute atomic E-state index is 6.55. The van der Waals surface area contributed by atoms with Gasteiger partial charge in [-0.25, -0.2) is 0 Å². The van der Waals surface area contributed by atoms with E-state index in [4.69, 9.17) is 13.3 Å². The molecule has 8 aromatic carbocycles. The Kier molecular flexibility index (Phi) is 5.12. The van der Waals surface area contributed by atoms with Gasteiger partial charge in [0.1, 0.15) is 22.3 Å². The third kappa shape index (κ3) is 3.43. The van der Waals surface area contributed by atoms with Crippen molar-refractivity contribution in [3.63, 3.8) is 0 Å². The van der Waals surface area contributed by atoms with E-state index in [2.05, 4.69) is 121 Å². The van der Waals surface area contributed by atoms with Crippen molar-refractivity contribution in [1.29, 1.82) is 0 Å². The molecule has 232 valence electrons. The van der Waals surface area contributed by atoms with E-state index in [0.29, 0.717) is 0 Å². The molecule has 4 heterocycles. The van der Waals surface area contributed by atoms with Gasteiger partial charge >= 0.3 is 0 Å². The molecule has 0 spiro atoms. The maximum Gasteiger partial charge on any atom is 0.153 e. The third-order valence-corrected chi connectivity index (χ3v) is 11.7. The lowest BCUT2D eigenvalue weighted by molar-refractivity contribution is 0.615. The lowest BCUT2D eigenvalue weighted by atomic mass is 9.85. The summed E-state index contributed by atoms with van der Waals surface area (Å²) in [7, 11) is 0. The van der Waals surface area contributed by atoms with Gasteiger partial charge in [-0.1, -0.05) is 97.1 Å². The van der Waals surface area contributed by atoms with Crippen molar-refractivity contribution in [2.45, 2.75) is 0 Å². The molecular formula is C46H24O3S. The number of fused-ring (bicyclic) bond motifs is 14. The van der Waals surface area contributed by atoms with E-state index < -0.39 is 0 Å². The van der Waals surface area contributed by atoms with Crippen molar-refractivity contribution in [3.05, 3.63) is 146 Å².